The molecule has 1 aliphatic rings. The summed E-state index contributed by atoms with van der Waals surface area (Å²) < 4.78 is 13.6. The predicted molar refractivity (Wildman–Crippen MR) is 111 cm³/mol. The van der Waals surface area contributed by atoms with Crippen molar-refractivity contribution >= 4 is 11.6 Å². The topological polar surface area (TPSA) is 154 Å². The van der Waals surface area contributed by atoms with E-state index in [0.29, 0.717) is 12.1 Å². The Morgan fingerprint density at radius 1 is 1.47 bits per heavy atom. The number of aromatic nitrogens is 1. The molecule has 0 aliphatic carbocycles. The highest BCUT2D eigenvalue weighted by Crippen LogP contribution is 2.29. The molecule has 0 bridgehead atoms. The van der Waals surface area contributed by atoms with Gasteiger partial charge in [0.15, 0.2) is 6.17 Å². The molecule has 1 amide bonds. The molecular formula is C18H29FN8O3. The van der Waals surface area contributed by atoms with E-state index in [2.05, 4.69) is 31.3 Å². The Morgan fingerprint density at radius 2 is 2.20 bits per heavy atom. The molecular weight excluding hydrogens is 395 g/mol. The maximum absolute atomic E-state index is 13.6. The van der Waals surface area contributed by atoms with E-state index < -0.39 is 36.4 Å². The summed E-state index contributed by atoms with van der Waals surface area (Å²) >= 11 is 0. The van der Waals surface area contributed by atoms with Crippen molar-refractivity contribution in [2.45, 2.75) is 44.4 Å². The Labute approximate surface area is 174 Å². The van der Waals surface area contributed by atoms with Crippen molar-refractivity contribution in [3.63, 3.8) is 0 Å². The summed E-state index contributed by atoms with van der Waals surface area (Å²) in [5, 5.41) is 14.8. The molecule has 11 nitrogen and oxygen atoms in total. The molecule has 1 aliphatic heterocycles. The molecule has 166 valence electrons. The van der Waals surface area contributed by atoms with E-state index in [4.69, 9.17) is 5.73 Å². The van der Waals surface area contributed by atoms with Gasteiger partial charge in [0.1, 0.15) is 18.1 Å². The monoisotopic (exact) mass is 424 g/mol. The van der Waals surface area contributed by atoms with Crippen molar-refractivity contribution in [1.29, 1.82) is 0 Å². The number of carbonyl (C=O) groups excluding carboxylic acids is 1. The second-order valence-electron chi connectivity index (χ2n) is 7.36. The minimum absolute atomic E-state index is 0.0276. The van der Waals surface area contributed by atoms with Crippen LogP contribution in [0.15, 0.2) is 28.8 Å². The fourth-order valence-corrected chi connectivity index (χ4v) is 3.68. The minimum atomic E-state index is -1.36. The van der Waals surface area contributed by atoms with Crippen LogP contribution in [0.5, 0.6) is 0 Å². The second kappa shape index (κ2) is 11.1. The number of anilines is 1. The van der Waals surface area contributed by atoms with Gasteiger partial charge in [0.25, 0.3) is 0 Å². The van der Waals surface area contributed by atoms with Crippen LogP contribution in [0.1, 0.15) is 25.5 Å². The number of hydrogen-bond acceptors (Lipinski definition) is 10. The average Bonchev–Trinajstić information content (AvgIpc) is 2.71. The maximum Gasteiger partial charge on any atom is 0.234 e. The zero-order valence-electron chi connectivity index (χ0n) is 17.3. The molecule has 0 aromatic carbocycles. The molecule has 1 aromatic rings. The Hall–Kier alpha value is -2.41. The van der Waals surface area contributed by atoms with Crippen molar-refractivity contribution in [3.05, 3.63) is 33.8 Å². The van der Waals surface area contributed by atoms with Crippen molar-refractivity contribution in [3.8, 4) is 0 Å². The van der Waals surface area contributed by atoms with Gasteiger partial charge >= 0.3 is 0 Å². The molecule has 6 atom stereocenters. The molecule has 1 fully saturated rings. The molecule has 30 heavy (non-hydrogen) atoms. The zero-order valence-corrected chi connectivity index (χ0v) is 17.3. The number of likely N-dealkylation sites (N-methyl/N-ethyl adjacent to an activating group) is 1. The Kier molecular flexibility index (Phi) is 8.84. The molecule has 6 unspecified atom stereocenters. The number of rotatable bonds is 10. The summed E-state index contributed by atoms with van der Waals surface area (Å²) in [6.45, 7) is 4.46. The number of halogens is 1. The molecule has 0 saturated carbocycles. The van der Waals surface area contributed by atoms with E-state index in [0.717, 1.165) is 0 Å². The first kappa shape index (κ1) is 23.9. The summed E-state index contributed by atoms with van der Waals surface area (Å²) in [5.41, 5.74) is 6.57. The van der Waals surface area contributed by atoms with Gasteiger partial charge in [0, 0.05) is 30.9 Å². The molecule has 0 spiro atoms. The molecule has 0 radical (unpaired) electrons. The highest BCUT2D eigenvalue weighted by Gasteiger charge is 2.40. The van der Waals surface area contributed by atoms with Crippen molar-refractivity contribution < 1.29 is 9.18 Å². The smallest absolute Gasteiger partial charge is 0.234 e. The largest absolute Gasteiger partial charge is 0.324 e. The molecule has 2 rings (SSSR count). The molecule has 1 saturated heterocycles. The van der Waals surface area contributed by atoms with Crippen LogP contribution in [0.2, 0.25) is 0 Å². The molecule has 2 heterocycles. The number of nitrogens with two attached hydrogens (primary N) is 1. The lowest BCUT2D eigenvalue weighted by Gasteiger charge is -2.40. The van der Waals surface area contributed by atoms with Gasteiger partial charge in [-0.25, -0.2) is 4.39 Å². The summed E-state index contributed by atoms with van der Waals surface area (Å²) in [6.07, 6.45) is -0.258. The summed E-state index contributed by atoms with van der Waals surface area (Å²) in [4.78, 5) is 41.4. The molecule has 1 aromatic heterocycles. The van der Waals surface area contributed by atoms with Crippen LogP contribution < -0.4 is 21.7 Å². The fourth-order valence-electron chi connectivity index (χ4n) is 3.68. The van der Waals surface area contributed by atoms with Crippen LogP contribution in [-0.4, -0.2) is 67.0 Å². The van der Waals surface area contributed by atoms with Gasteiger partial charge in [-0.3, -0.25) is 20.0 Å². The number of nitrogens with one attached hydrogen (secondary N) is 3. The van der Waals surface area contributed by atoms with Gasteiger partial charge in [-0.2, -0.15) is 4.91 Å². The SMILES string of the molecule is CCNC(C)C(N=O)c1ccncc1NC(=O)C(C(N)N=O)C1NCC(F)CN1C. The van der Waals surface area contributed by atoms with Gasteiger partial charge in [0.05, 0.1) is 18.1 Å². The summed E-state index contributed by atoms with van der Waals surface area (Å²) in [6, 6.07) is 0.538. The van der Waals surface area contributed by atoms with E-state index in [1.165, 1.54) is 12.4 Å². The first-order chi connectivity index (χ1) is 14.3. The van der Waals surface area contributed by atoms with Crippen LogP contribution in [-0.2, 0) is 4.79 Å². The number of carbonyl (C=O) groups is 1. The Morgan fingerprint density at radius 3 is 2.80 bits per heavy atom. The number of amides is 1. The zero-order chi connectivity index (χ0) is 22.3. The maximum atomic E-state index is 13.6. The lowest BCUT2D eigenvalue weighted by Crippen LogP contribution is -2.62. The summed E-state index contributed by atoms with van der Waals surface area (Å²) in [7, 11) is 1.63. The van der Waals surface area contributed by atoms with Crippen LogP contribution in [0, 0.1) is 15.7 Å². The van der Waals surface area contributed by atoms with E-state index in [-0.39, 0.29) is 24.8 Å². The normalized spacial score (nSPS) is 23.8. The van der Waals surface area contributed by atoms with E-state index in [1.807, 2.05) is 13.8 Å². The van der Waals surface area contributed by atoms with Crippen LogP contribution in [0.25, 0.3) is 0 Å². The number of pyridine rings is 1. The number of nitroso groups, excluding NO2 is 2. The number of nitrogens with zero attached hydrogens (tertiary/aromatic N) is 4. The highest BCUT2D eigenvalue weighted by atomic mass is 19.1. The molecule has 12 heteroatoms. The van der Waals surface area contributed by atoms with Crippen molar-refractivity contribution in [2.75, 3.05) is 32.0 Å². The fraction of sp³-hybridized carbons (Fsp3) is 0.667. The third kappa shape index (κ3) is 5.59. The third-order valence-corrected chi connectivity index (χ3v) is 5.19. The Bertz CT molecular complexity index is 739. The van der Waals surface area contributed by atoms with Gasteiger partial charge in [-0.05, 0) is 26.6 Å². The minimum Gasteiger partial charge on any atom is -0.324 e. The standard InChI is InChI=1S/C18H29FN8O3/c1-4-22-10(2)15(25-29)12-5-6-21-8-13(12)24-18(28)14(16(20)26-30)17-23-7-11(19)9-27(17)3/h5-6,8,10-11,14-17,22-23H,4,7,9,20H2,1-3H3,(H,24,28). The third-order valence-electron chi connectivity index (χ3n) is 5.19. The number of hydrogen-bond donors (Lipinski definition) is 4. The van der Waals surface area contributed by atoms with Crippen LogP contribution in [0.3, 0.4) is 0 Å². The predicted octanol–water partition coefficient (Wildman–Crippen LogP) is 0.692. The number of alkyl halides is 1. The first-order valence-corrected chi connectivity index (χ1v) is 9.80. The van der Waals surface area contributed by atoms with E-state index in [9.17, 15) is 19.0 Å². The molecule has 5 N–H and O–H groups in total. The first-order valence-electron chi connectivity index (χ1n) is 9.80. The van der Waals surface area contributed by atoms with Gasteiger partial charge in [-0.1, -0.05) is 17.3 Å². The average molecular weight is 424 g/mol. The van der Waals surface area contributed by atoms with Gasteiger partial charge in [0.2, 0.25) is 5.91 Å². The highest BCUT2D eigenvalue weighted by molar-refractivity contribution is 5.94. The second-order valence-corrected chi connectivity index (χ2v) is 7.36. The quantitative estimate of drug-likeness (QED) is 0.400. The van der Waals surface area contributed by atoms with Crippen molar-refractivity contribution in [1.82, 2.24) is 20.5 Å². The van der Waals surface area contributed by atoms with E-state index >= 15 is 0 Å². The van der Waals surface area contributed by atoms with Gasteiger partial charge < -0.3 is 16.4 Å². The van der Waals surface area contributed by atoms with E-state index in [1.54, 1.807) is 18.0 Å². The Balaban J connectivity index is 2.30. The van der Waals surface area contributed by atoms with Gasteiger partial charge in [-0.15, -0.1) is 4.91 Å². The lowest BCUT2D eigenvalue weighted by molar-refractivity contribution is -0.124. The van der Waals surface area contributed by atoms with Crippen LogP contribution >= 0.6 is 0 Å². The van der Waals surface area contributed by atoms with Crippen molar-refractivity contribution in [2.24, 2.45) is 22.0 Å². The lowest BCUT2D eigenvalue weighted by atomic mass is 9.97. The summed E-state index contributed by atoms with van der Waals surface area (Å²) in [5.74, 6) is -1.69. The van der Waals surface area contributed by atoms with Crippen LogP contribution in [0.4, 0.5) is 10.1 Å².